The topological polar surface area (TPSA) is 257 Å². The van der Waals surface area contributed by atoms with Crippen LogP contribution in [0.3, 0.4) is 0 Å². The molecule has 18 nitrogen and oxygen atoms in total. The van der Waals surface area contributed by atoms with Crippen molar-refractivity contribution >= 4 is 35.8 Å². The molecule has 0 amide bonds. The van der Waals surface area contributed by atoms with E-state index in [0.717, 1.165) is 0 Å². The van der Waals surface area contributed by atoms with E-state index in [4.69, 9.17) is 29.2 Å². The first-order chi connectivity index (χ1) is 29.1. The van der Waals surface area contributed by atoms with Crippen molar-refractivity contribution < 1.29 is 57.9 Å². The van der Waals surface area contributed by atoms with Crippen molar-refractivity contribution in [2.75, 3.05) is 0 Å². The molecule has 7 rings (SSSR count). The number of pyridine rings is 6. The minimum atomic E-state index is -1.26. The first-order valence-electron chi connectivity index (χ1n) is 17.8. The largest absolute Gasteiger partial charge is 0.478 e. The predicted molar refractivity (Wildman–Crippen MR) is 205 cm³/mol. The number of rotatable bonds is 10. The zero-order valence-corrected chi connectivity index (χ0v) is 31.2. The fraction of sp³-hybridized carbons (Fsp3) is 0.143. The van der Waals surface area contributed by atoms with Crippen LogP contribution < -0.4 is 0 Å². The molecule has 0 bridgehead atoms. The van der Waals surface area contributed by atoms with Crippen LogP contribution in [0, 0.1) is 0 Å². The molecule has 0 saturated heterocycles. The summed E-state index contributed by atoms with van der Waals surface area (Å²) in [7, 11) is 0. The number of esters is 4. The van der Waals surface area contributed by atoms with E-state index in [1.54, 1.807) is 36.4 Å². The third-order valence-electron chi connectivity index (χ3n) is 8.16. The normalized spacial score (nSPS) is 16.4. The number of nitrogens with zero attached hydrogens (tertiary/aromatic N) is 6. The smallest absolute Gasteiger partial charge is 0.340 e. The molecule has 1 fully saturated rings. The third kappa shape index (κ3) is 12.9. The lowest BCUT2D eigenvalue weighted by Gasteiger charge is -2.39. The van der Waals surface area contributed by atoms with Gasteiger partial charge in [0.15, 0.2) is 6.10 Å². The maximum atomic E-state index is 13.1. The standard InChI is InChI=1S/C30H24N4O8.2C6H5NO2/c35-27(19-5-1-9-31-15-19)39-23-13-24(40-28(36)20-6-2-10-32-16-20)26(42-30(38)22-8-4-12-34-18-22)25(14-23)41-29(37)21-7-3-11-33-17-21;2*8-6(9)5-2-1-3-7-4-5/h1-12,15-18,23-26H,13-14H2;2*1-4H,(H,8,9)/t23?,24-,25+,26?;;. The number of hydrogen-bond donors (Lipinski definition) is 2. The van der Waals surface area contributed by atoms with Crippen LogP contribution in [0.25, 0.3) is 0 Å². The SMILES string of the molecule is O=C(O)c1cccnc1.O=C(O)c1cccnc1.O=C(OC1C[C@H](OC(=O)c2cccnc2)C(OC(=O)c2cccnc2)[C@H](OC(=O)c2cccnc2)C1)c1cccnc1. The molecule has 1 aliphatic rings. The first kappa shape index (κ1) is 42.9. The molecular formula is C42H34N6O12. The van der Waals surface area contributed by atoms with E-state index in [9.17, 15) is 28.8 Å². The van der Waals surface area contributed by atoms with Gasteiger partial charge in [0.2, 0.25) is 0 Å². The quantitative estimate of drug-likeness (QED) is 0.139. The number of ether oxygens (including phenoxy) is 4. The zero-order chi connectivity index (χ0) is 42.7. The molecule has 2 unspecified atom stereocenters. The molecule has 304 valence electrons. The Kier molecular flexibility index (Phi) is 15.6. The van der Waals surface area contributed by atoms with Gasteiger partial charge >= 0.3 is 35.8 Å². The van der Waals surface area contributed by atoms with E-state index in [1.165, 1.54) is 111 Å². The molecule has 0 radical (unpaired) electrons. The summed E-state index contributed by atoms with van der Waals surface area (Å²) >= 11 is 0. The Balaban J connectivity index is 0.000000310. The highest BCUT2D eigenvalue weighted by molar-refractivity contribution is 5.91. The summed E-state index contributed by atoms with van der Waals surface area (Å²) in [5.41, 5.74) is 1.07. The monoisotopic (exact) mass is 814 g/mol. The van der Waals surface area contributed by atoms with Gasteiger partial charge in [0.1, 0.15) is 18.3 Å². The van der Waals surface area contributed by atoms with Crippen molar-refractivity contribution in [2.24, 2.45) is 0 Å². The van der Waals surface area contributed by atoms with Gasteiger partial charge in [0, 0.05) is 87.2 Å². The van der Waals surface area contributed by atoms with Crippen LogP contribution in [0.4, 0.5) is 0 Å². The molecule has 0 aromatic carbocycles. The van der Waals surface area contributed by atoms with Crippen molar-refractivity contribution in [1.82, 2.24) is 29.9 Å². The summed E-state index contributed by atoms with van der Waals surface area (Å²) in [6.45, 7) is 0. The maximum Gasteiger partial charge on any atom is 0.340 e. The molecule has 4 atom stereocenters. The molecule has 0 spiro atoms. The van der Waals surface area contributed by atoms with Gasteiger partial charge in [0.05, 0.1) is 33.4 Å². The minimum Gasteiger partial charge on any atom is -0.478 e. The molecule has 0 aliphatic heterocycles. The van der Waals surface area contributed by atoms with Crippen LogP contribution >= 0.6 is 0 Å². The van der Waals surface area contributed by atoms with Gasteiger partial charge in [-0.05, 0) is 72.8 Å². The average molecular weight is 815 g/mol. The van der Waals surface area contributed by atoms with Crippen LogP contribution in [0.5, 0.6) is 0 Å². The second kappa shape index (κ2) is 21.9. The van der Waals surface area contributed by atoms with Gasteiger partial charge < -0.3 is 29.2 Å². The van der Waals surface area contributed by atoms with Crippen LogP contribution in [0.2, 0.25) is 0 Å². The second-order valence-corrected chi connectivity index (χ2v) is 12.3. The number of carboxylic acid groups (broad SMARTS) is 2. The Morgan fingerprint density at radius 2 is 0.667 bits per heavy atom. The Bertz CT molecular complexity index is 2220. The van der Waals surface area contributed by atoms with E-state index in [0.29, 0.717) is 0 Å². The van der Waals surface area contributed by atoms with E-state index < -0.39 is 60.2 Å². The molecule has 60 heavy (non-hydrogen) atoms. The fourth-order valence-corrected chi connectivity index (χ4v) is 5.34. The van der Waals surface area contributed by atoms with Gasteiger partial charge in [-0.1, -0.05) is 0 Å². The highest BCUT2D eigenvalue weighted by atomic mass is 16.6. The van der Waals surface area contributed by atoms with Crippen molar-refractivity contribution in [3.8, 4) is 0 Å². The van der Waals surface area contributed by atoms with Crippen molar-refractivity contribution in [1.29, 1.82) is 0 Å². The molecule has 18 heteroatoms. The molecular weight excluding hydrogens is 780 g/mol. The van der Waals surface area contributed by atoms with Gasteiger partial charge in [-0.3, -0.25) is 29.9 Å². The van der Waals surface area contributed by atoms with Gasteiger partial charge in [0.25, 0.3) is 0 Å². The minimum absolute atomic E-state index is 0.0517. The molecule has 6 heterocycles. The summed E-state index contributed by atoms with van der Waals surface area (Å²) in [4.78, 5) is 95.4. The number of carbonyl (C=O) groups is 6. The molecule has 6 aromatic heterocycles. The Hall–Kier alpha value is -8.28. The zero-order valence-electron chi connectivity index (χ0n) is 31.2. The summed E-state index contributed by atoms with van der Waals surface area (Å²) < 4.78 is 23.1. The van der Waals surface area contributed by atoms with Crippen molar-refractivity contribution in [3.05, 3.63) is 181 Å². The van der Waals surface area contributed by atoms with Crippen LogP contribution in [-0.4, -0.2) is 100 Å². The Labute approximate surface area is 340 Å². The number of aromatic carboxylic acids is 2. The molecule has 6 aromatic rings. The van der Waals surface area contributed by atoms with Crippen LogP contribution in [0.15, 0.2) is 147 Å². The first-order valence-corrected chi connectivity index (χ1v) is 17.8. The highest BCUT2D eigenvalue weighted by Crippen LogP contribution is 2.31. The second-order valence-electron chi connectivity index (χ2n) is 12.3. The molecule has 1 aliphatic carbocycles. The van der Waals surface area contributed by atoms with E-state index >= 15 is 0 Å². The number of aromatic nitrogens is 6. The van der Waals surface area contributed by atoms with Gasteiger partial charge in [-0.25, -0.2) is 28.8 Å². The lowest BCUT2D eigenvalue weighted by molar-refractivity contribution is -0.131. The lowest BCUT2D eigenvalue weighted by atomic mass is 9.88. The highest BCUT2D eigenvalue weighted by Gasteiger charge is 2.46. The van der Waals surface area contributed by atoms with E-state index in [1.807, 2.05) is 0 Å². The molecule has 2 N–H and O–H groups in total. The van der Waals surface area contributed by atoms with E-state index in [-0.39, 0.29) is 46.2 Å². The fourth-order valence-electron chi connectivity index (χ4n) is 5.34. The number of carboxylic acids is 2. The summed E-state index contributed by atoms with van der Waals surface area (Å²) in [6.07, 6.45) is 12.4. The predicted octanol–water partition coefficient (Wildman–Crippen LogP) is 4.82. The Morgan fingerprint density at radius 1 is 0.400 bits per heavy atom. The lowest BCUT2D eigenvalue weighted by Crippen LogP contribution is -2.53. The maximum absolute atomic E-state index is 13.1. The summed E-state index contributed by atoms with van der Waals surface area (Å²) in [6, 6.07) is 18.5. The van der Waals surface area contributed by atoms with E-state index in [2.05, 4.69) is 29.9 Å². The van der Waals surface area contributed by atoms with Gasteiger partial charge in [-0.15, -0.1) is 0 Å². The van der Waals surface area contributed by atoms with Crippen LogP contribution in [-0.2, 0) is 18.9 Å². The summed E-state index contributed by atoms with van der Waals surface area (Å²) in [5, 5.41) is 16.7. The van der Waals surface area contributed by atoms with Crippen molar-refractivity contribution in [3.63, 3.8) is 0 Å². The average Bonchev–Trinajstić information content (AvgIpc) is 3.29. The van der Waals surface area contributed by atoms with Crippen LogP contribution in [0.1, 0.15) is 75.0 Å². The van der Waals surface area contributed by atoms with Gasteiger partial charge in [-0.2, -0.15) is 0 Å². The van der Waals surface area contributed by atoms with Crippen molar-refractivity contribution in [2.45, 2.75) is 37.3 Å². The third-order valence-corrected chi connectivity index (χ3v) is 8.16. The summed E-state index contributed by atoms with van der Waals surface area (Å²) in [5.74, 6) is -4.84. The number of carbonyl (C=O) groups excluding carboxylic acids is 4. The number of hydrogen-bond acceptors (Lipinski definition) is 16. The Morgan fingerprint density at radius 3 is 0.917 bits per heavy atom. The molecule has 1 saturated carbocycles.